The van der Waals surface area contributed by atoms with Gasteiger partial charge in [0.15, 0.2) is 0 Å². The van der Waals surface area contributed by atoms with E-state index in [0.29, 0.717) is 0 Å². The quantitative estimate of drug-likeness (QED) is 0.591. The molecule has 3 heteroatoms. The smallest absolute Gasteiger partial charge is 0.309 e. The van der Waals surface area contributed by atoms with Gasteiger partial charge in [0, 0.05) is 0 Å². The third kappa shape index (κ3) is 2.89. The zero-order valence-electron chi connectivity index (χ0n) is 10.7. The van der Waals surface area contributed by atoms with Gasteiger partial charge in [0.05, 0.1) is 13.0 Å². The summed E-state index contributed by atoms with van der Waals surface area (Å²) in [5.74, 6) is -0.281. The van der Waals surface area contributed by atoms with Gasteiger partial charge in [-0.15, -0.1) is 0 Å². The summed E-state index contributed by atoms with van der Waals surface area (Å²) in [6, 6.07) is 6.52. The highest BCUT2D eigenvalue weighted by Crippen LogP contribution is 2.37. The minimum Gasteiger partial charge on any atom is -0.469 e. The molecule has 0 radical (unpaired) electrons. The first-order valence-electron chi connectivity index (χ1n) is 6.55. The first-order valence-corrected chi connectivity index (χ1v) is 6.55. The number of carbonyl (C=O) groups is 1. The predicted molar refractivity (Wildman–Crippen MR) is 67.7 cm³/mol. The Morgan fingerprint density at radius 2 is 1.83 bits per heavy atom. The number of hydrogen-bond donors (Lipinski definition) is 0. The second kappa shape index (κ2) is 5.98. The maximum Gasteiger partial charge on any atom is 0.309 e. The van der Waals surface area contributed by atoms with Crippen molar-refractivity contribution >= 4 is 5.97 Å². The lowest BCUT2D eigenvalue weighted by molar-refractivity contribution is -0.146. The van der Waals surface area contributed by atoms with E-state index in [9.17, 15) is 9.18 Å². The summed E-state index contributed by atoms with van der Waals surface area (Å²) in [6.45, 7) is 0. The Bertz CT molecular complexity index is 399. The summed E-state index contributed by atoms with van der Waals surface area (Å²) >= 11 is 0. The monoisotopic (exact) mass is 250 g/mol. The van der Waals surface area contributed by atoms with E-state index in [2.05, 4.69) is 0 Å². The topological polar surface area (TPSA) is 26.3 Å². The van der Waals surface area contributed by atoms with Gasteiger partial charge in [-0.05, 0) is 36.5 Å². The molecule has 1 aliphatic rings. The molecule has 0 heterocycles. The molecule has 0 N–H and O–H groups in total. The summed E-state index contributed by atoms with van der Waals surface area (Å²) in [6.07, 6.45) is 5.19. The largest absolute Gasteiger partial charge is 0.469 e. The number of methoxy groups -OCH3 is 1. The van der Waals surface area contributed by atoms with Crippen molar-refractivity contribution in [3.05, 3.63) is 35.6 Å². The first-order chi connectivity index (χ1) is 8.72. The highest BCUT2D eigenvalue weighted by atomic mass is 19.1. The highest BCUT2D eigenvalue weighted by molar-refractivity contribution is 5.73. The standard InChI is InChI=1S/C15H19FO2/c1-18-15(17)14-6-4-2-3-5-13(14)11-7-9-12(16)10-8-11/h7-10,13-14H,2-6H2,1H3. The molecule has 1 aliphatic carbocycles. The fourth-order valence-electron chi connectivity index (χ4n) is 2.85. The molecule has 1 aromatic rings. The second-order valence-corrected chi connectivity index (χ2v) is 4.93. The summed E-state index contributed by atoms with van der Waals surface area (Å²) in [5, 5.41) is 0. The number of ether oxygens (including phenoxy) is 1. The van der Waals surface area contributed by atoms with Crippen LogP contribution in [0.3, 0.4) is 0 Å². The van der Waals surface area contributed by atoms with Gasteiger partial charge in [0.1, 0.15) is 5.82 Å². The maximum atomic E-state index is 13.0. The molecule has 98 valence electrons. The van der Waals surface area contributed by atoms with Gasteiger partial charge in [0.25, 0.3) is 0 Å². The summed E-state index contributed by atoms with van der Waals surface area (Å²) < 4.78 is 17.9. The Kier molecular flexibility index (Phi) is 4.34. The van der Waals surface area contributed by atoms with Crippen LogP contribution in [-0.2, 0) is 9.53 Å². The Hall–Kier alpha value is -1.38. The highest BCUT2D eigenvalue weighted by Gasteiger charge is 2.31. The SMILES string of the molecule is COC(=O)C1CCCCCC1c1ccc(F)cc1. The normalized spacial score (nSPS) is 24.3. The van der Waals surface area contributed by atoms with Crippen molar-refractivity contribution in [2.45, 2.75) is 38.0 Å². The van der Waals surface area contributed by atoms with Crippen LogP contribution < -0.4 is 0 Å². The maximum absolute atomic E-state index is 13.0. The third-order valence-electron chi connectivity index (χ3n) is 3.82. The molecule has 0 aromatic heterocycles. The number of esters is 1. The molecule has 1 saturated carbocycles. The molecule has 0 bridgehead atoms. The van der Waals surface area contributed by atoms with Crippen LogP contribution in [0.15, 0.2) is 24.3 Å². The lowest BCUT2D eigenvalue weighted by atomic mass is 9.82. The lowest BCUT2D eigenvalue weighted by Crippen LogP contribution is -2.22. The van der Waals surface area contributed by atoms with Crippen LogP contribution in [-0.4, -0.2) is 13.1 Å². The molecular formula is C15H19FO2. The Labute approximate surface area is 107 Å². The molecule has 2 unspecified atom stereocenters. The minimum absolute atomic E-state index is 0.0806. The van der Waals surface area contributed by atoms with Crippen LogP contribution in [0.1, 0.15) is 43.6 Å². The van der Waals surface area contributed by atoms with Crippen LogP contribution in [0, 0.1) is 11.7 Å². The number of benzene rings is 1. The van der Waals surface area contributed by atoms with Gasteiger partial charge >= 0.3 is 5.97 Å². The van der Waals surface area contributed by atoms with E-state index < -0.39 is 0 Å². The minimum atomic E-state index is -0.234. The average molecular weight is 250 g/mol. The van der Waals surface area contributed by atoms with E-state index in [4.69, 9.17) is 4.74 Å². The van der Waals surface area contributed by atoms with Crippen molar-refractivity contribution in [3.8, 4) is 0 Å². The molecule has 2 nitrogen and oxygen atoms in total. The van der Waals surface area contributed by atoms with E-state index in [1.165, 1.54) is 19.2 Å². The van der Waals surface area contributed by atoms with Gasteiger partial charge in [-0.25, -0.2) is 4.39 Å². The first kappa shape index (κ1) is 13.1. The van der Waals surface area contributed by atoms with Crippen molar-refractivity contribution in [2.24, 2.45) is 5.92 Å². The molecule has 1 aromatic carbocycles. The lowest BCUT2D eigenvalue weighted by Gasteiger charge is -2.23. The van der Waals surface area contributed by atoms with E-state index in [0.717, 1.165) is 37.7 Å². The number of rotatable bonds is 2. The molecule has 0 saturated heterocycles. The number of halogens is 1. The molecule has 2 atom stereocenters. The average Bonchev–Trinajstić information content (AvgIpc) is 2.64. The van der Waals surface area contributed by atoms with Crippen LogP contribution >= 0.6 is 0 Å². The molecule has 0 amide bonds. The van der Waals surface area contributed by atoms with E-state index in [1.54, 1.807) is 12.1 Å². The zero-order valence-corrected chi connectivity index (χ0v) is 10.7. The van der Waals surface area contributed by atoms with Gasteiger partial charge < -0.3 is 4.74 Å². The van der Waals surface area contributed by atoms with Crippen LogP contribution in [0.25, 0.3) is 0 Å². The number of carbonyl (C=O) groups excluding carboxylic acids is 1. The zero-order chi connectivity index (χ0) is 13.0. The van der Waals surface area contributed by atoms with Crippen molar-refractivity contribution in [3.63, 3.8) is 0 Å². The molecule has 2 rings (SSSR count). The van der Waals surface area contributed by atoms with Crippen molar-refractivity contribution in [1.29, 1.82) is 0 Å². The van der Waals surface area contributed by atoms with Gasteiger partial charge in [-0.1, -0.05) is 31.4 Å². The van der Waals surface area contributed by atoms with Gasteiger partial charge in [-0.2, -0.15) is 0 Å². The van der Waals surface area contributed by atoms with E-state index in [1.807, 2.05) is 0 Å². The van der Waals surface area contributed by atoms with Crippen LogP contribution in [0.4, 0.5) is 4.39 Å². The fraction of sp³-hybridized carbons (Fsp3) is 0.533. The predicted octanol–water partition coefficient (Wildman–Crippen LogP) is 3.66. The molecule has 18 heavy (non-hydrogen) atoms. The Morgan fingerprint density at radius 3 is 2.50 bits per heavy atom. The molecular weight excluding hydrogens is 231 g/mol. The van der Waals surface area contributed by atoms with Crippen molar-refractivity contribution < 1.29 is 13.9 Å². The summed E-state index contributed by atoms with van der Waals surface area (Å²) in [4.78, 5) is 11.9. The molecule has 0 aliphatic heterocycles. The van der Waals surface area contributed by atoms with Crippen molar-refractivity contribution in [1.82, 2.24) is 0 Å². The van der Waals surface area contributed by atoms with E-state index >= 15 is 0 Å². The molecule has 0 spiro atoms. The molecule has 1 fully saturated rings. The van der Waals surface area contributed by atoms with Crippen LogP contribution in [0.5, 0.6) is 0 Å². The third-order valence-corrected chi connectivity index (χ3v) is 3.82. The van der Waals surface area contributed by atoms with Gasteiger partial charge in [0.2, 0.25) is 0 Å². The fourth-order valence-corrected chi connectivity index (χ4v) is 2.85. The Balaban J connectivity index is 2.24. The van der Waals surface area contributed by atoms with Crippen molar-refractivity contribution in [2.75, 3.05) is 7.11 Å². The van der Waals surface area contributed by atoms with E-state index in [-0.39, 0.29) is 23.6 Å². The number of hydrogen-bond acceptors (Lipinski definition) is 2. The van der Waals surface area contributed by atoms with Gasteiger partial charge in [-0.3, -0.25) is 4.79 Å². The Morgan fingerprint density at radius 1 is 1.17 bits per heavy atom. The van der Waals surface area contributed by atoms with Crippen LogP contribution in [0.2, 0.25) is 0 Å². The summed E-state index contributed by atoms with van der Waals surface area (Å²) in [7, 11) is 1.44. The second-order valence-electron chi connectivity index (χ2n) is 4.93. The summed E-state index contributed by atoms with van der Waals surface area (Å²) in [5.41, 5.74) is 1.05.